The Hall–Kier alpha value is -0.490. The fraction of sp³-hybridized carbons (Fsp3) is 0.769. The van der Waals surface area contributed by atoms with Gasteiger partial charge in [0.15, 0.2) is 0 Å². The molecule has 1 heterocycles. The minimum Gasteiger partial charge on any atom is -0.382 e. The van der Waals surface area contributed by atoms with E-state index >= 15 is 0 Å². The highest BCUT2D eigenvalue weighted by Crippen LogP contribution is 2.26. The summed E-state index contributed by atoms with van der Waals surface area (Å²) in [4.78, 5) is 5.73. The van der Waals surface area contributed by atoms with Crippen molar-refractivity contribution in [1.29, 1.82) is 0 Å². The zero-order valence-corrected chi connectivity index (χ0v) is 12.6. The molecule has 1 aromatic rings. The first-order valence-electron chi connectivity index (χ1n) is 6.26. The highest BCUT2D eigenvalue weighted by Gasteiger charge is 2.17. The highest BCUT2D eigenvalue weighted by molar-refractivity contribution is 7.11. The number of nitrogens with one attached hydrogen (secondary N) is 1. The summed E-state index contributed by atoms with van der Waals surface area (Å²) in [6.45, 7) is 10.3. The molecule has 104 valence electrons. The van der Waals surface area contributed by atoms with Crippen LogP contribution in [0, 0.1) is 0 Å². The maximum atomic E-state index is 5.37. The summed E-state index contributed by atoms with van der Waals surface area (Å²) in [6.07, 6.45) is 1.96. The summed E-state index contributed by atoms with van der Waals surface area (Å²) in [6, 6.07) is 0. The van der Waals surface area contributed by atoms with Crippen LogP contribution in [0.3, 0.4) is 0 Å². The third-order valence-corrected chi connectivity index (χ3v) is 3.77. The van der Waals surface area contributed by atoms with Crippen LogP contribution < -0.4 is 5.32 Å². The molecule has 5 heteroatoms. The first-order chi connectivity index (χ1) is 8.54. The lowest BCUT2D eigenvalue weighted by atomic mass is 9.98. The van der Waals surface area contributed by atoms with Gasteiger partial charge in [-0.25, -0.2) is 4.98 Å². The van der Waals surface area contributed by atoms with Gasteiger partial charge in [0.05, 0.1) is 24.8 Å². The van der Waals surface area contributed by atoms with E-state index < -0.39 is 0 Å². The van der Waals surface area contributed by atoms with Crippen molar-refractivity contribution in [2.45, 2.75) is 32.7 Å². The van der Waals surface area contributed by atoms with E-state index in [2.05, 4.69) is 31.1 Å². The van der Waals surface area contributed by atoms with Crippen LogP contribution in [0.1, 0.15) is 30.7 Å². The van der Waals surface area contributed by atoms with Gasteiger partial charge in [-0.15, -0.1) is 11.3 Å². The number of rotatable bonds is 8. The van der Waals surface area contributed by atoms with Gasteiger partial charge in [-0.05, 0) is 0 Å². The van der Waals surface area contributed by atoms with Gasteiger partial charge in [-0.3, -0.25) is 0 Å². The quantitative estimate of drug-likeness (QED) is 0.737. The summed E-state index contributed by atoms with van der Waals surface area (Å²) in [7, 11) is 1.68. The van der Waals surface area contributed by atoms with Gasteiger partial charge in [0, 0.05) is 36.7 Å². The number of aromatic nitrogens is 1. The lowest BCUT2D eigenvalue weighted by Gasteiger charge is -2.13. The summed E-state index contributed by atoms with van der Waals surface area (Å²) >= 11 is 1.78. The SMILES string of the molecule is COCCOCCNCc1cnc(C(C)(C)C)s1. The summed E-state index contributed by atoms with van der Waals surface area (Å²) < 4.78 is 10.3. The van der Waals surface area contributed by atoms with Gasteiger partial charge < -0.3 is 14.8 Å². The van der Waals surface area contributed by atoms with Crippen LogP contribution in [0.5, 0.6) is 0 Å². The predicted octanol–water partition coefficient (Wildman–Crippen LogP) is 2.19. The van der Waals surface area contributed by atoms with Crippen LogP contribution in [0.15, 0.2) is 6.20 Å². The Morgan fingerprint density at radius 3 is 2.67 bits per heavy atom. The fourth-order valence-corrected chi connectivity index (χ4v) is 2.28. The van der Waals surface area contributed by atoms with Crippen molar-refractivity contribution in [1.82, 2.24) is 10.3 Å². The first-order valence-corrected chi connectivity index (χ1v) is 7.08. The Kier molecular flexibility index (Phi) is 6.78. The van der Waals surface area contributed by atoms with E-state index in [1.807, 2.05) is 6.20 Å². The molecule has 0 fully saturated rings. The van der Waals surface area contributed by atoms with Crippen molar-refractivity contribution in [3.05, 3.63) is 16.1 Å². The van der Waals surface area contributed by atoms with E-state index in [9.17, 15) is 0 Å². The molecule has 0 saturated heterocycles. The Balaban J connectivity index is 2.14. The fourth-order valence-electron chi connectivity index (χ4n) is 1.34. The van der Waals surface area contributed by atoms with E-state index in [4.69, 9.17) is 9.47 Å². The van der Waals surface area contributed by atoms with Crippen LogP contribution in [0.2, 0.25) is 0 Å². The summed E-state index contributed by atoms with van der Waals surface area (Å²) in [5.74, 6) is 0. The van der Waals surface area contributed by atoms with Gasteiger partial charge >= 0.3 is 0 Å². The molecule has 0 aromatic carbocycles. The molecule has 1 aromatic heterocycles. The minimum atomic E-state index is 0.145. The van der Waals surface area contributed by atoms with Crippen molar-refractivity contribution in [3.63, 3.8) is 0 Å². The van der Waals surface area contributed by atoms with E-state index in [0.717, 1.165) is 13.1 Å². The molecular formula is C13H24N2O2S. The second-order valence-corrected chi connectivity index (χ2v) is 6.28. The van der Waals surface area contributed by atoms with Gasteiger partial charge in [0.2, 0.25) is 0 Å². The smallest absolute Gasteiger partial charge is 0.0981 e. The second-order valence-electron chi connectivity index (χ2n) is 5.16. The van der Waals surface area contributed by atoms with Crippen molar-refractivity contribution < 1.29 is 9.47 Å². The highest BCUT2D eigenvalue weighted by atomic mass is 32.1. The molecule has 0 aliphatic carbocycles. The standard InChI is InChI=1S/C13H24N2O2S/c1-13(2,3)12-15-10-11(18-12)9-14-5-6-17-8-7-16-4/h10,14H,5-9H2,1-4H3. The summed E-state index contributed by atoms with van der Waals surface area (Å²) in [5.41, 5.74) is 0.145. The number of hydrogen-bond donors (Lipinski definition) is 1. The molecule has 1 N–H and O–H groups in total. The lowest BCUT2D eigenvalue weighted by molar-refractivity contribution is 0.0719. The molecule has 0 bridgehead atoms. The van der Waals surface area contributed by atoms with Crippen LogP contribution in [-0.4, -0.2) is 38.5 Å². The van der Waals surface area contributed by atoms with Crippen LogP contribution >= 0.6 is 11.3 Å². The van der Waals surface area contributed by atoms with Crippen molar-refractivity contribution >= 4 is 11.3 Å². The molecule has 0 unspecified atom stereocenters. The number of thiazole rings is 1. The monoisotopic (exact) mass is 272 g/mol. The van der Waals surface area contributed by atoms with Crippen molar-refractivity contribution in [2.24, 2.45) is 0 Å². The van der Waals surface area contributed by atoms with Crippen LogP contribution in [-0.2, 0) is 21.4 Å². The van der Waals surface area contributed by atoms with E-state index in [1.54, 1.807) is 18.4 Å². The largest absolute Gasteiger partial charge is 0.382 e. The molecule has 0 atom stereocenters. The van der Waals surface area contributed by atoms with Crippen molar-refractivity contribution in [2.75, 3.05) is 33.5 Å². The normalized spacial score (nSPS) is 12.0. The van der Waals surface area contributed by atoms with Gasteiger partial charge in [-0.1, -0.05) is 20.8 Å². The Morgan fingerprint density at radius 1 is 1.28 bits per heavy atom. The molecule has 0 amide bonds. The minimum absolute atomic E-state index is 0.145. The van der Waals surface area contributed by atoms with E-state index in [1.165, 1.54) is 9.88 Å². The Morgan fingerprint density at radius 2 is 2.06 bits per heavy atom. The van der Waals surface area contributed by atoms with Crippen LogP contribution in [0.4, 0.5) is 0 Å². The molecule has 0 saturated carbocycles. The average molecular weight is 272 g/mol. The molecule has 1 rings (SSSR count). The second kappa shape index (κ2) is 7.84. The average Bonchev–Trinajstić information content (AvgIpc) is 2.76. The molecule has 0 aliphatic heterocycles. The molecule has 0 aliphatic rings. The number of ether oxygens (including phenoxy) is 2. The third-order valence-electron chi connectivity index (χ3n) is 2.35. The maximum Gasteiger partial charge on any atom is 0.0981 e. The predicted molar refractivity (Wildman–Crippen MR) is 75.2 cm³/mol. The zero-order chi connectivity index (χ0) is 13.4. The Labute approximate surface area is 114 Å². The van der Waals surface area contributed by atoms with Crippen LogP contribution in [0.25, 0.3) is 0 Å². The summed E-state index contributed by atoms with van der Waals surface area (Å²) in [5, 5.41) is 4.54. The molecule has 4 nitrogen and oxygen atoms in total. The lowest BCUT2D eigenvalue weighted by Crippen LogP contribution is -2.19. The van der Waals surface area contributed by atoms with Gasteiger partial charge in [0.25, 0.3) is 0 Å². The Bertz CT molecular complexity index is 334. The van der Waals surface area contributed by atoms with Gasteiger partial charge in [0.1, 0.15) is 0 Å². The number of nitrogens with zero attached hydrogens (tertiary/aromatic N) is 1. The topological polar surface area (TPSA) is 43.4 Å². The number of methoxy groups -OCH3 is 1. The van der Waals surface area contributed by atoms with Crippen molar-refractivity contribution in [3.8, 4) is 0 Å². The van der Waals surface area contributed by atoms with E-state index in [-0.39, 0.29) is 5.41 Å². The van der Waals surface area contributed by atoms with Gasteiger partial charge in [-0.2, -0.15) is 0 Å². The first kappa shape index (κ1) is 15.6. The number of hydrogen-bond acceptors (Lipinski definition) is 5. The molecular weight excluding hydrogens is 248 g/mol. The third kappa shape index (κ3) is 5.91. The van der Waals surface area contributed by atoms with E-state index in [0.29, 0.717) is 19.8 Å². The zero-order valence-electron chi connectivity index (χ0n) is 11.8. The maximum absolute atomic E-state index is 5.37. The molecule has 0 radical (unpaired) electrons. The molecule has 0 spiro atoms. The molecule has 18 heavy (non-hydrogen) atoms.